The Morgan fingerprint density at radius 1 is 1.16 bits per heavy atom. The van der Waals surface area contributed by atoms with Gasteiger partial charge in [-0.2, -0.15) is 10.2 Å². The van der Waals surface area contributed by atoms with Crippen molar-refractivity contribution >= 4 is 17.7 Å². The van der Waals surface area contributed by atoms with Crippen molar-refractivity contribution in [2.75, 3.05) is 24.7 Å². The molecule has 2 aliphatic carbocycles. The lowest BCUT2D eigenvalue weighted by atomic mass is 9.69. The predicted octanol–water partition coefficient (Wildman–Crippen LogP) is 3.15. The molecule has 8 nitrogen and oxygen atoms in total. The third-order valence-corrected chi connectivity index (χ3v) is 6.93. The Labute approximate surface area is 185 Å². The van der Waals surface area contributed by atoms with Crippen LogP contribution in [-0.4, -0.2) is 58.2 Å². The summed E-state index contributed by atoms with van der Waals surface area (Å²) >= 11 is 0. The number of aromatic nitrogens is 2. The van der Waals surface area contributed by atoms with Gasteiger partial charge in [0.05, 0.1) is 12.3 Å². The highest BCUT2D eigenvalue weighted by molar-refractivity contribution is 5.81. The normalized spacial score (nSPS) is 26.6. The van der Waals surface area contributed by atoms with Crippen molar-refractivity contribution in [3.8, 4) is 6.07 Å². The van der Waals surface area contributed by atoms with E-state index in [4.69, 9.17) is 0 Å². The highest BCUT2D eigenvalue weighted by Gasteiger charge is 2.39. The minimum Gasteiger partial charge on any atom is -0.393 e. The van der Waals surface area contributed by atoms with Crippen molar-refractivity contribution < 1.29 is 9.90 Å². The van der Waals surface area contributed by atoms with Crippen molar-refractivity contribution in [1.29, 1.82) is 5.26 Å². The van der Waals surface area contributed by atoms with Gasteiger partial charge in [0, 0.05) is 31.6 Å². The van der Waals surface area contributed by atoms with E-state index in [0.29, 0.717) is 29.7 Å². The zero-order valence-corrected chi connectivity index (χ0v) is 19.2. The third-order valence-electron chi connectivity index (χ3n) is 6.93. The van der Waals surface area contributed by atoms with Crippen molar-refractivity contribution in [1.82, 2.24) is 14.9 Å². The molecule has 3 rings (SSSR count). The molecule has 0 radical (unpaired) electrons. The molecule has 0 bridgehead atoms. The second-order valence-corrected chi connectivity index (χ2v) is 9.84. The molecule has 1 amide bonds. The van der Waals surface area contributed by atoms with Crippen LogP contribution >= 0.6 is 0 Å². The maximum absolute atomic E-state index is 12.6. The van der Waals surface area contributed by atoms with Crippen LogP contribution in [0.2, 0.25) is 0 Å². The van der Waals surface area contributed by atoms with E-state index in [9.17, 15) is 15.2 Å². The maximum atomic E-state index is 12.6. The molecule has 0 saturated heterocycles. The number of nitrogens with zero attached hydrogens (tertiary/aromatic N) is 4. The summed E-state index contributed by atoms with van der Waals surface area (Å²) in [6, 6.07) is 2.52. The maximum Gasteiger partial charge on any atom is 0.227 e. The van der Waals surface area contributed by atoms with Gasteiger partial charge in [0.15, 0.2) is 0 Å². The zero-order chi connectivity index (χ0) is 22.6. The number of carbonyl (C=O) groups is 1. The molecule has 170 valence electrons. The number of nitrogens with one attached hydrogen (secondary N) is 2. The Kier molecular flexibility index (Phi) is 7.37. The van der Waals surface area contributed by atoms with Gasteiger partial charge in [-0.3, -0.25) is 4.79 Å². The van der Waals surface area contributed by atoms with Crippen molar-refractivity contribution in [2.45, 2.75) is 83.4 Å². The molecule has 0 aliphatic heterocycles. The second-order valence-electron chi connectivity index (χ2n) is 9.84. The minimum atomic E-state index is -0.360. The number of anilines is 2. The van der Waals surface area contributed by atoms with Crippen LogP contribution in [0.3, 0.4) is 0 Å². The summed E-state index contributed by atoms with van der Waals surface area (Å²) in [6.45, 7) is 4.11. The first-order valence-electron chi connectivity index (χ1n) is 11.4. The summed E-state index contributed by atoms with van der Waals surface area (Å²) < 4.78 is 0. The Morgan fingerprint density at radius 3 is 2.48 bits per heavy atom. The lowest BCUT2D eigenvalue weighted by Gasteiger charge is -2.39. The van der Waals surface area contributed by atoms with Gasteiger partial charge in [-0.1, -0.05) is 13.8 Å². The van der Waals surface area contributed by atoms with E-state index in [2.05, 4.69) is 40.5 Å². The summed E-state index contributed by atoms with van der Waals surface area (Å²) in [4.78, 5) is 23.2. The van der Waals surface area contributed by atoms with E-state index < -0.39 is 0 Å². The molecular weight excluding hydrogens is 392 g/mol. The molecule has 0 spiro atoms. The molecule has 0 unspecified atom stereocenters. The number of aliphatic hydroxyl groups is 1. The van der Waals surface area contributed by atoms with Crippen LogP contribution < -0.4 is 10.6 Å². The Hall–Kier alpha value is -2.40. The van der Waals surface area contributed by atoms with Gasteiger partial charge in [0.1, 0.15) is 17.5 Å². The predicted molar refractivity (Wildman–Crippen MR) is 120 cm³/mol. The average molecular weight is 429 g/mol. The number of aliphatic hydroxyl groups excluding tert-OH is 1. The number of hydrogen-bond acceptors (Lipinski definition) is 7. The van der Waals surface area contributed by atoms with E-state index in [1.807, 2.05) is 14.1 Å². The van der Waals surface area contributed by atoms with Crippen molar-refractivity contribution in [3.05, 3.63) is 11.8 Å². The van der Waals surface area contributed by atoms with E-state index in [0.717, 1.165) is 44.9 Å². The van der Waals surface area contributed by atoms with Crippen LogP contribution in [0.4, 0.5) is 11.8 Å². The zero-order valence-electron chi connectivity index (χ0n) is 19.2. The highest BCUT2D eigenvalue weighted by Crippen LogP contribution is 2.40. The molecule has 1 aromatic heterocycles. The molecule has 1 heterocycles. The monoisotopic (exact) mass is 428 g/mol. The van der Waals surface area contributed by atoms with Gasteiger partial charge in [-0.25, -0.2) is 4.98 Å². The molecular formula is C23H36N6O2. The van der Waals surface area contributed by atoms with E-state index in [-0.39, 0.29) is 29.5 Å². The fraction of sp³-hybridized carbons (Fsp3) is 0.739. The summed E-state index contributed by atoms with van der Waals surface area (Å²) in [5.41, 5.74) is 0.0550. The Bertz CT molecular complexity index is 811. The first kappa shape index (κ1) is 23.3. The largest absolute Gasteiger partial charge is 0.393 e. The standard InChI is InChI=1S/C23H36N6O2/c1-23(2,21(31)29(3)4)16-8-10-17(11-9-16)27-22-25-14-15(13-24)20(28-22)26-18-6-5-7-19(30)12-18/h14,16-19,30H,5-12H2,1-4H3,(H2,25,26,27,28)/t16?,17?,18-,19-/m1/s1. The first-order valence-corrected chi connectivity index (χ1v) is 11.4. The Morgan fingerprint density at radius 2 is 1.87 bits per heavy atom. The number of amides is 1. The molecule has 8 heteroatoms. The van der Waals surface area contributed by atoms with Crippen LogP contribution in [0.25, 0.3) is 0 Å². The summed E-state index contributed by atoms with van der Waals surface area (Å²) in [6.07, 6.45) is 8.55. The fourth-order valence-electron chi connectivity index (χ4n) is 5.02. The molecule has 2 fully saturated rings. The quantitative estimate of drug-likeness (QED) is 0.638. The van der Waals surface area contributed by atoms with Gasteiger partial charge in [0.25, 0.3) is 0 Å². The SMILES string of the molecule is CN(C)C(=O)C(C)(C)C1CCC(Nc2ncc(C#N)c(N[C@@H]3CCC[C@@H](O)C3)n2)CC1. The van der Waals surface area contributed by atoms with Crippen LogP contribution in [0.1, 0.15) is 70.8 Å². The number of hydrogen-bond donors (Lipinski definition) is 3. The van der Waals surface area contributed by atoms with Crippen molar-refractivity contribution in [3.63, 3.8) is 0 Å². The molecule has 1 aromatic rings. The molecule has 31 heavy (non-hydrogen) atoms. The summed E-state index contributed by atoms with van der Waals surface area (Å²) in [5.74, 6) is 1.59. The van der Waals surface area contributed by atoms with Gasteiger partial charge in [-0.05, 0) is 57.3 Å². The number of carbonyl (C=O) groups excluding carboxylic acids is 1. The van der Waals surface area contributed by atoms with Gasteiger partial charge in [-0.15, -0.1) is 0 Å². The average Bonchev–Trinajstić information content (AvgIpc) is 2.74. The lowest BCUT2D eigenvalue weighted by molar-refractivity contribution is -0.141. The van der Waals surface area contributed by atoms with E-state index >= 15 is 0 Å². The smallest absolute Gasteiger partial charge is 0.227 e. The van der Waals surface area contributed by atoms with Crippen LogP contribution in [-0.2, 0) is 4.79 Å². The molecule has 2 saturated carbocycles. The van der Waals surface area contributed by atoms with Gasteiger partial charge in [0.2, 0.25) is 11.9 Å². The molecule has 3 N–H and O–H groups in total. The number of rotatable bonds is 6. The number of nitriles is 1. The molecule has 2 aliphatic rings. The first-order chi connectivity index (χ1) is 14.7. The summed E-state index contributed by atoms with van der Waals surface area (Å²) in [7, 11) is 3.64. The van der Waals surface area contributed by atoms with Crippen molar-refractivity contribution in [2.24, 2.45) is 11.3 Å². The lowest BCUT2D eigenvalue weighted by Crippen LogP contribution is -2.43. The third kappa shape index (κ3) is 5.65. The molecule has 0 aromatic carbocycles. The molecule has 2 atom stereocenters. The van der Waals surface area contributed by atoms with Crippen LogP contribution in [0.5, 0.6) is 0 Å². The minimum absolute atomic E-state index is 0.116. The van der Waals surface area contributed by atoms with Gasteiger partial charge >= 0.3 is 0 Å². The topological polar surface area (TPSA) is 114 Å². The van der Waals surface area contributed by atoms with E-state index in [1.54, 1.807) is 11.1 Å². The van der Waals surface area contributed by atoms with Crippen LogP contribution in [0, 0.1) is 22.7 Å². The Balaban J connectivity index is 1.61. The van der Waals surface area contributed by atoms with Crippen LogP contribution in [0.15, 0.2) is 6.20 Å². The van der Waals surface area contributed by atoms with E-state index in [1.165, 1.54) is 0 Å². The summed E-state index contributed by atoms with van der Waals surface area (Å²) in [5, 5.41) is 26.1. The fourth-order valence-corrected chi connectivity index (χ4v) is 5.02. The highest BCUT2D eigenvalue weighted by atomic mass is 16.3. The second kappa shape index (κ2) is 9.82. The van der Waals surface area contributed by atoms with Gasteiger partial charge < -0.3 is 20.6 Å².